The Kier molecular flexibility index (Phi) is 15.2. The van der Waals surface area contributed by atoms with Crippen LogP contribution in [0.1, 0.15) is 114 Å². The number of nitriles is 1. The lowest BCUT2D eigenvalue weighted by Gasteiger charge is -2.30. The molecule has 4 nitrogen and oxygen atoms in total. The molecule has 0 fully saturated rings. The highest BCUT2D eigenvalue weighted by molar-refractivity contribution is 5.61. The van der Waals surface area contributed by atoms with Crippen molar-refractivity contribution in [1.29, 1.82) is 5.26 Å². The number of benzene rings is 3. The zero-order chi connectivity index (χ0) is 31.6. The first-order chi connectivity index (χ1) is 21.4. The molecule has 0 N–H and O–H groups in total. The Morgan fingerprint density at radius 3 is 1.20 bits per heavy atom. The predicted octanol–water partition coefficient (Wildman–Crippen LogP) is 10.5. The van der Waals surface area contributed by atoms with Gasteiger partial charge in [0.25, 0.3) is 0 Å². The Balaban J connectivity index is 1.52. The van der Waals surface area contributed by atoms with Crippen molar-refractivity contribution in [3.05, 3.63) is 89.5 Å². The molecule has 0 saturated heterocycles. The maximum absolute atomic E-state index is 10.8. The fourth-order valence-electron chi connectivity index (χ4n) is 6.00. The highest BCUT2D eigenvalue weighted by atomic mass is 16.5. The molecule has 0 unspecified atom stereocenters. The summed E-state index contributed by atoms with van der Waals surface area (Å²) in [6.45, 7) is 3.02. The van der Waals surface area contributed by atoms with Gasteiger partial charge in [-0.05, 0) is 59.5 Å². The van der Waals surface area contributed by atoms with Gasteiger partial charge in [0.05, 0.1) is 12.7 Å². The standard InChI is InChI=1S/C40H57N3O/c1-6-7-8-9-10-11-12-13-14-15-16-17-18-19-32-44-39-30-24-36(25-31-39)40(33-41,34-20-26-37(27-21-34)42(2)3)35-22-28-38(29-23-35)43(4)5/h20-31H,6-19,32H2,1-5H3. The van der Waals surface area contributed by atoms with Crippen LogP contribution in [0.4, 0.5) is 11.4 Å². The first-order valence-electron chi connectivity index (χ1n) is 17.1. The Hall–Kier alpha value is -3.45. The SMILES string of the molecule is CCCCCCCCCCCCCCCCOc1ccc(C(C#N)(c2ccc(N(C)C)cc2)c2ccc(N(C)C)cc2)cc1. The molecule has 0 aliphatic carbocycles. The molecule has 3 aromatic carbocycles. The molecule has 0 radical (unpaired) electrons. The summed E-state index contributed by atoms with van der Waals surface area (Å²) in [7, 11) is 8.13. The van der Waals surface area contributed by atoms with Gasteiger partial charge in [-0.25, -0.2) is 0 Å². The van der Waals surface area contributed by atoms with Crippen LogP contribution in [-0.4, -0.2) is 34.8 Å². The molecule has 0 amide bonds. The molecule has 0 spiro atoms. The second-order valence-corrected chi connectivity index (χ2v) is 12.7. The normalized spacial score (nSPS) is 11.3. The molecule has 0 aliphatic rings. The van der Waals surface area contributed by atoms with Crippen LogP contribution in [-0.2, 0) is 5.41 Å². The lowest BCUT2D eigenvalue weighted by molar-refractivity contribution is 0.304. The summed E-state index contributed by atoms with van der Waals surface area (Å²) in [4.78, 5) is 4.15. The van der Waals surface area contributed by atoms with Crippen LogP contribution in [0.15, 0.2) is 72.8 Å². The lowest BCUT2D eigenvalue weighted by Crippen LogP contribution is -2.27. The van der Waals surface area contributed by atoms with Crippen molar-refractivity contribution in [2.45, 2.75) is 102 Å². The van der Waals surface area contributed by atoms with E-state index in [4.69, 9.17) is 4.74 Å². The van der Waals surface area contributed by atoms with Gasteiger partial charge in [0.1, 0.15) is 11.2 Å². The fraction of sp³-hybridized carbons (Fsp3) is 0.525. The summed E-state index contributed by atoms with van der Waals surface area (Å²) in [6, 6.07) is 27.5. The summed E-state index contributed by atoms with van der Waals surface area (Å²) < 4.78 is 6.12. The average Bonchev–Trinajstić information content (AvgIpc) is 3.04. The predicted molar refractivity (Wildman–Crippen MR) is 189 cm³/mol. The number of nitrogens with zero attached hydrogens (tertiary/aromatic N) is 3. The van der Waals surface area contributed by atoms with Gasteiger partial charge in [-0.1, -0.05) is 127 Å². The minimum atomic E-state index is -0.928. The summed E-state index contributed by atoms with van der Waals surface area (Å²) in [5.74, 6) is 0.862. The van der Waals surface area contributed by atoms with Crippen LogP contribution in [0, 0.1) is 11.3 Å². The van der Waals surface area contributed by atoms with Gasteiger partial charge >= 0.3 is 0 Å². The molecule has 0 atom stereocenters. The van der Waals surface area contributed by atoms with Crippen molar-refractivity contribution in [1.82, 2.24) is 0 Å². The molecular formula is C40H57N3O. The molecule has 3 rings (SSSR count). The molecule has 0 aliphatic heterocycles. The first-order valence-corrected chi connectivity index (χ1v) is 17.1. The summed E-state index contributed by atoms with van der Waals surface area (Å²) >= 11 is 0. The van der Waals surface area contributed by atoms with E-state index in [0.29, 0.717) is 0 Å². The zero-order valence-electron chi connectivity index (χ0n) is 28.3. The first kappa shape index (κ1) is 35.0. The van der Waals surface area contributed by atoms with Crippen LogP contribution in [0.25, 0.3) is 0 Å². The van der Waals surface area contributed by atoms with E-state index in [1.54, 1.807) is 0 Å². The molecule has 0 aromatic heterocycles. The third kappa shape index (κ3) is 10.3. The molecular weight excluding hydrogens is 538 g/mol. The molecule has 0 saturated carbocycles. The molecule has 0 bridgehead atoms. The van der Waals surface area contributed by atoms with Gasteiger partial charge in [0.2, 0.25) is 0 Å². The number of hydrogen-bond acceptors (Lipinski definition) is 4. The van der Waals surface area contributed by atoms with E-state index in [1.807, 2.05) is 40.3 Å². The third-order valence-electron chi connectivity index (χ3n) is 8.86. The van der Waals surface area contributed by atoms with E-state index in [0.717, 1.165) is 46.8 Å². The van der Waals surface area contributed by atoms with Crippen molar-refractivity contribution >= 4 is 11.4 Å². The highest BCUT2D eigenvalue weighted by Gasteiger charge is 2.37. The molecule has 44 heavy (non-hydrogen) atoms. The summed E-state index contributed by atoms with van der Waals surface area (Å²) in [6.07, 6.45) is 19.0. The van der Waals surface area contributed by atoms with Gasteiger partial charge in [-0.15, -0.1) is 0 Å². The molecule has 238 valence electrons. The highest BCUT2D eigenvalue weighted by Crippen LogP contribution is 2.40. The minimum Gasteiger partial charge on any atom is -0.494 e. The molecule has 3 aromatic rings. The van der Waals surface area contributed by atoms with Gasteiger partial charge in [0.15, 0.2) is 0 Å². The van der Waals surface area contributed by atoms with E-state index in [2.05, 4.69) is 83.5 Å². The van der Waals surface area contributed by atoms with Crippen LogP contribution < -0.4 is 14.5 Å². The van der Waals surface area contributed by atoms with Gasteiger partial charge in [-0.3, -0.25) is 0 Å². The number of anilines is 2. The number of ether oxygens (including phenoxy) is 1. The monoisotopic (exact) mass is 595 g/mol. The van der Waals surface area contributed by atoms with Crippen molar-refractivity contribution in [3.8, 4) is 11.8 Å². The zero-order valence-corrected chi connectivity index (χ0v) is 28.3. The maximum Gasteiger partial charge on any atom is 0.132 e. The molecule has 4 heteroatoms. The van der Waals surface area contributed by atoms with Gasteiger partial charge in [-0.2, -0.15) is 5.26 Å². The van der Waals surface area contributed by atoms with E-state index in [1.165, 1.54) is 83.5 Å². The maximum atomic E-state index is 10.8. The summed E-state index contributed by atoms with van der Waals surface area (Å²) in [5.41, 5.74) is 4.15. The van der Waals surface area contributed by atoms with Crippen LogP contribution in [0.2, 0.25) is 0 Å². The second kappa shape index (κ2) is 19.0. The Bertz CT molecular complexity index is 1170. The van der Waals surface area contributed by atoms with E-state index < -0.39 is 5.41 Å². The van der Waals surface area contributed by atoms with E-state index in [9.17, 15) is 5.26 Å². The van der Waals surface area contributed by atoms with Crippen molar-refractivity contribution in [3.63, 3.8) is 0 Å². The largest absolute Gasteiger partial charge is 0.494 e. The number of hydrogen-bond donors (Lipinski definition) is 0. The topological polar surface area (TPSA) is 39.5 Å². The third-order valence-corrected chi connectivity index (χ3v) is 8.86. The van der Waals surface area contributed by atoms with Crippen LogP contribution in [0.5, 0.6) is 5.75 Å². The quantitative estimate of drug-likeness (QED) is 0.0907. The number of unbranched alkanes of at least 4 members (excludes halogenated alkanes) is 13. The fourth-order valence-corrected chi connectivity index (χ4v) is 6.00. The number of rotatable bonds is 21. The smallest absolute Gasteiger partial charge is 0.132 e. The Morgan fingerprint density at radius 2 is 0.864 bits per heavy atom. The Labute approximate surface area is 269 Å². The minimum absolute atomic E-state index is 0.735. The van der Waals surface area contributed by atoms with Crippen LogP contribution >= 0.6 is 0 Å². The van der Waals surface area contributed by atoms with Crippen molar-refractivity contribution < 1.29 is 4.74 Å². The Morgan fingerprint density at radius 1 is 0.523 bits per heavy atom. The lowest BCUT2D eigenvalue weighted by atomic mass is 9.70. The summed E-state index contributed by atoms with van der Waals surface area (Å²) in [5, 5.41) is 10.8. The molecule has 0 heterocycles. The van der Waals surface area contributed by atoms with E-state index >= 15 is 0 Å². The van der Waals surface area contributed by atoms with Crippen molar-refractivity contribution in [2.24, 2.45) is 0 Å². The average molecular weight is 596 g/mol. The van der Waals surface area contributed by atoms with Crippen molar-refractivity contribution in [2.75, 3.05) is 44.6 Å². The second-order valence-electron chi connectivity index (χ2n) is 12.7. The van der Waals surface area contributed by atoms with Gasteiger partial charge in [0, 0.05) is 39.6 Å². The van der Waals surface area contributed by atoms with Gasteiger partial charge < -0.3 is 14.5 Å². The van der Waals surface area contributed by atoms with Crippen LogP contribution in [0.3, 0.4) is 0 Å². The van der Waals surface area contributed by atoms with E-state index in [-0.39, 0.29) is 0 Å².